The van der Waals surface area contributed by atoms with E-state index >= 15 is 0 Å². The number of benzene rings is 2. The Morgan fingerprint density at radius 3 is 2.33 bits per heavy atom. The third-order valence-electron chi connectivity index (χ3n) is 4.57. The molecule has 3 aromatic rings. The summed E-state index contributed by atoms with van der Waals surface area (Å²) in [4.78, 5) is 12.2. The van der Waals surface area contributed by atoms with Crippen molar-refractivity contribution in [2.24, 2.45) is 0 Å². The lowest BCUT2D eigenvalue weighted by molar-refractivity contribution is 0.0607. The Morgan fingerprint density at radius 1 is 1.07 bits per heavy atom. The minimum atomic E-state index is -3.98. The molecule has 1 heterocycles. The molecule has 3 rings (SSSR count). The van der Waals surface area contributed by atoms with Crippen molar-refractivity contribution < 1.29 is 17.9 Å². The van der Waals surface area contributed by atoms with Crippen molar-refractivity contribution in [2.75, 3.05) is 11.8 Å². The second-order valence-electron chi connectivity index (χ2n) is 7.73. The van der Waals surface area contributed by atoms with Gasteiger partial charge in [0.1, 0.15) is 4.88 Å². The molecule has 1 N–H and O–H groups in total. The van der Waals surface area contributed by atoms with Crippen LogP contribution in [-0.2, 0) is 20.2 Å². The predicted octanol–water partition coefficient (Wildman–Crippen LogP) is 5.95. The summed E-state index contributed by atoms with van der Waals surface area (Å²) < 4.78 is 33.9. The molecule has 0 unspecified atom stereocenters. The first-order valence-corrected chi connectivity index (χ1v) is 11.9. The first-order valence-electron chi connectivity index (χ1n) is 9.12. The van der Waals surface area contributed by atoms with Crippen LogP contribution in [0.4, 0.5) is 5.69 Å². The van der Waals surface area contributed by atoms with Crippen molar-refractivity contribution in [1.29, 1.82) is 0 Å². The van der Waals surface area contributed by atoms with E-state index in [0.717, 1.165) is 22.5 Å². The number of methoxy groups -OCH3 is 1. The maximum atomic E-state index is 13.3. The second kappa shape index (κ2) is 8.41. The molecular weight excluding hydrogens is 442 g/mol. The highest BCUT2D eigenvalue weighted by atomic mass is 35.5. The Bertz CT molecular complexity index is 1180. The number of anilines is 1. The normalized spacial score (nSPS) is 11.9. The van der Waals surface area contributed by atoms with Crippen molar-refractivity contribution in [1.82, 2.24) is 0 Å². The molecular formula is C22H22ClNO4S2. The van der Waals surface area contributed by atoms with Crippen molar-refractivity contribution in [3.8, 4) is 11.1 Å². The fourth-order valence-corrected chi connectivity index (χ4v) is 5.17. The number of rotatable bonds is 5. The highest BCUT2D eigenvalue weighted by molar-refractivity contribution is 7.92. The molecule has 5 nitrogen and oxygen atoms in total. The van der Waals surface area contributed by atoms with E-state index in [4.69, 9.17) is 16.3 Å². The Hall–Kier alpha value is -2.35. The maximum absolute atomic E-state index is 13.3. The predicted molar refractivity (Wildman–Crippen MR) is 122 cm³/mol. The van der Waals surface area contributed by atoms with E-state index < -0.39 is 16.0 Å². The molecule has 8 heteroatoms. The number of ether oxygens (including phenoxy) is 1. The van der Waals surface area contributed by atoms with E-state index in [1.165, 1.54) is 7.11 Å². The zero-order chi connectivity index (χ0) is 22.1. The second-order valence-corrected chi connectivity index (χ2v) is 10.7. The third kappa shape index (κ3) is 4.69. The molecule has 2 aromatic carbocycles. The molecule has 0 aliphatic carbocycles. The van der Waals surface area contributed by atoms with Crippen LogP contribution in [0.1, 0.15) is 36.0 Å². The fourth-order valence-electron chi connectivity index (χ4n) is 2.93. The Balaban J connectivity index is 2.13. The van der Waals surface area contributed by atoms with Crippen LogP contribution in [0.5, 0.6) is 0 Å². The molecule has 0 saturated heterocycles. The van der Waals surface area contributed by atoms with E-state index in [1.807, 2.05) is 12.1 Å². The molecule has 1 aromatic heterocycles. The average molecular weight is 464 g/mol. The molecule has 0 saturated carbocycles. The van der Waals surface area contributed by atoms with E-state index in [9.17, 15) is 13.2 Å². The summed E-state index contributed by atoms with van der Waals surface area (Å²) in [6.45, 7) is 6.19. The Kier molecular flexibility index (Phi) is 6.26. The molecule has 0 spiro atoms. The van der Waals surface area contributed by atoms with Gasteiger partial charge in [-0.2, -0.15) is 0 Å². The van der Waals surface area contributed by atoms with Gasteiger partial charge in [0.15, 0.2) is 0 Å². The van der Waals surface area contributed by atoms with Gasteiger partial charge in [-0.25, -0.2) is 13.2 Å². The number of esters is 1. The molecule has 0 atom stereocenters. The minimum absolute atomic E-state index is 0.111. The van der Waals surface area contributed by atoms with Gasteiger partial charge in [0.2, 0.25) is 0 Å². The standard InChI is InChI=1S/C22H22ClNO4S2/c1-22(2,3)15-7-10-19(17(13-15)14-5-8-16(23)9-6-14)30(26,27)24-18-11-12-29-20(18)21(25)28-4/h5-13,24H,1-4H3. The quantitative estimate of drug-likeness (QED) is 0.474. The van der Waals surface area contributed by atoms with Crippen LogP contribution < -0.4 is 4.72 Å². The first-order chi connectivity index (χ1) is 14.0. The summed E-state index contributed by atoms with van der Waals surface area (Å²) in [6, 6.07) is 13.8. The first kappa shape index (κ1) is 22.3. The van der Waals surface area contributed by atoms with E-state index in [1.54, 1.807) is 41.8 Å². The van der Waals surface area contributed by atoms with Crippen molar-refractivity contribution in [3.05, 3.63) is 69.4 Å². The van der Waals surface area contributed by atoms with Gasteiger partial charge in [0, 0.05) is 10.6 Å². The van der Waals surface area contributed by atoms with Crippen molar-refractivity contribution in [3.63, 3.8) is 0 Å². The molecule has 0 amide bonds. The van der Waals surface area contributed by atoms with E-state index in [2.05, 4.69) is 25.5 Å². The van der Waals surface area contributed by atoms with Crippen molar-refractivity contribution in [2.45, 2.75) is 31.1 Å². The maximum Gasteiger partial charge on any atom is 0.350 e. The van der Waals surface area contributed by atoms with Gasteiger partial charge in [-0.15, -0.1) is 11.3 Å². The highest BCUT2D eigenvalue weighted by Crippen LogP contribution is 2.35. The smallest absolute Gasteiger partial charge is 0.350 e. The van der Waals surface area contributed by atoms with Crippen LogP contribution >= 0.6 is 22.9 Å². The molecule has 30 heavy (non-hydrogen) atoms. The number of carbonyl (C=O) groups excluding carboxylic acids is 1. The summed E-state index contributed by atoms with van der Waals surface area (Å²) in [6.07, 6.45) is 0. The van der Waals surface area contributed by atoms with Gasteiger partial charge in [-0.3, -0.25) is 4.72 Å². The monoisotopic (exact) mass is 463 g/mol. The van der Waals surface area contributed by atoms with Crippen LogP contribution in [0.15, 0.2) is 58.8 Å². The lowest BCUT2D eigenvalue weighted by Crippen LogP contribution is -2.17. The lowest BCUT2D eigenvalue weighted by atomic mass is 9.85. The molecule has 0 aliphatic heterocycles. The number of halogens is 1. The zero-order valence-corrected chi connectivity index (χ0v) is 19.4. The van der Waals surface area contributed by atoms with Gasteiger partial charge in [-0.1, -0.05) is 50.6 Å². The summed E-state index contributed by atoms with van der Waals surface area (Å²) in [5, 5.41) is 2.20. The SMILES string of the molecule is COC(=O)c1sccc1NS(=O)(=O)c1ccc(C(C)(C)C)cc1-c1ccc(Cl)cc1. The van der Waals surface area contributed by atoms with Gasteiger partial charge < -0.3 is 4.74 Å². The fraction of sp³-hybridized carbons (Fsp3) is 0.227. The number of hydrogen-bond donors (Lipinski definition) is 1. The van der Waals surface area contributed by atoms with Crippen LogP contribution in [0, 0.1) is 0 Å². The van der Waals surface area contributed by atoms with Gasteiger partial charge in [0.25, 0.3) is 10.0 Å². The van der Waals surface area contributed by atoms with Crippen LogP contribution in [0.2, 0.25) is 5.02 Å². The molecule has 0 radical (unpaired) electrons. The van der Waals surface area contributed by atoms with E-state index in [-0.39, 0.29) is 20.9 Å². The highest BCUT2D eigenvalue weighted by Gasteiger charge is 2.25. The summed E-state index contributed by atoms with van der Waals surface area (Å²) in [7, 11) is -2.73. The summed E-state index contributed by atoms with van der Waals surface area (Å²) in [5.41, 5.74) is 2.30. The van der Waals surface area contributed by atoms with Gasteiger partial charge in [-0.05, 0) is 52.3 Å². The lowest BCUT2D eigenvalue weighted by Gasteiger charge is -2.22. The van der Waals surface area contributed by atoms with E-state index in [0.29, 0.717) is 10.6 Å². The van der Waals surface area contributed by atoms with Crippen LogP contribution in [0.3, 0.4) is 0 Å². The van der Waals surface area contributed by atoms with Gasteiger partial charge >= 0.3 is 5.97 Å². The Morgan fingerprint density at radius 2 is 1.73 bits per heavy atom. The van der Waals surface area contributed by atoms with Crippen LogP contribution in [0.25, 0.3) is 11.1 Å². The zero-order valence-electron chi connectivity index (χ0n) is 17.0. The topological polar surface area (TPSA) is 72.5 Å². The van der Waals surface area contributed by atoms with Gasteiger partial charge in [0.05, 0.1) is 17.7 Å². The number of sulfonamides is 1. The molecule has 0 aliphatic rings. The summed E-state index contributed by atoms with van der Waals surface area (Å²) in [5.74, 6) is -0.594. The third-order valence-corrected chi connectivity index (χ3v) is 7.14. The summed E-state index contributed by atoms with van der Waals surface area (Å²) >= 11 is 7.13. The average Bonchev–Trinajstić information content (AvgIpc) is 3.14. The minimum Gasteiger partial charge on any atom is -0.465 e. The number of hydrogen-bond acceptors (Lipinski definition) is 5. The number of nitrogens with one attached hydrogen (secondary N) is 1. The molecule has 0 fully saturated rings. The molecule has 0 bridgehead atoms. The van der Waals surface area contributed by atoms with Crippen LogP contribution in [-0.4, -0.2) is 21.5 Å². The van der Waals surface area contributed by atoms with Crippen molar-refractivity contribution >= 4 is 44.6 Å². The Labute approximate surface area is 185 Å². The number of carbonyl (C=O) groups is 1. The number of thiophene rings is 1. The molecule has 158 valence electrons. The largest absolute Gasteiger partial charge is 0.465 e.